The smallest absolute Gasteiger partial charge is 0.271 e. The van der Waals surface area contributed by atoms with Crippen molar-refractivity contribution in [1.82, 2.24) is 4.90 Å². The van der Waals surface area contributed by atoms with Crippen LogP contribution in [0.4, 0.5) is 11.4 Å². The van der Waals surface area contributed by atoms with E-state index in [9.17, 15) is 14.9 Å². The van der Waals surface area contributed by atoms with Crippen LogP contribution in [0.5, 0.6) is 0 Å². The molecule has 0 spiro atoms. The highest BCUT2D eigenvalue weighted by atomic mass is 35.5. The quantitative estimate of drug-likeness (QED) is 0.481. The van der Waals surface area contributed by atoms with Crippen molar-refractivity contribution in [3.8, 4) is 0 Å². The van der Waals surface area contributed by atoms with Gasteiger partial charge in [0.25, 0.3) is 5.69 Å². The summed E-state index contributed by atoms with van der Waals surface area (Å²) in [6.45, 7) is 1.93. The zero-order valence-corrected chi connectivity index (χ0v) is 14.3. The first-order valence-electron chi connectivity index (χ1n) is 8.07. The van der Waals surface area contributed by atoms with E-state index in [4.69, 9.17) is 11.6 Å². The van der Waals surface area contributed by atoms with Gasteiger partial charge in [-0.2, -0.15) is 0 Å². The number of non-ortho nitro benzene ring substituents is 1. The van der Waals surface area contributed by atoms with Gasteiger partial charge in [-0.25, -0.2) is 0 Å². The predicted molar refractivity (Wildman–Crippen MR) is 96.5 cm³/mol. The fourth-order valence-electron chi connectivity index (χ4n) is 2.89. The summed E-state index contributed by atoms with van der Waals surface area (Å²) < 4.78 is 0. The van der Waals surface area contributed by atoms with E-state index in [-0.39, 0.29) is 11.6 Å². The molecule has 0 fully saturated rings. The number of nitrogens with zero attached hydrogens (tertiary/aromatic N) is 2. The Kier molecular flexibility index (Phi) is 5.19. The van der Waals surface area contributed by atoms with Crippen LogP contribution in [0.25, 0.3) is 0 Å². The molecule has 0 aromatic heterocycles. The van der Waals surface area contributed by atoms with Gasteiger partial charge in [-0.1, -0.05) is 35.9 Å². The summed E-state index contributed by atoms with van der Waals surface area (Å²) in [5.74, 6) is 0.132. The molecule has 2 aromatic rings. The average Bonchev–Trinajstić information content (AvgIpc) is 3.03. The van der Waals surface area contributed by atoms with Crippen LogP contribution in [0, 0.1) is 10.1 Å². The maximum atomic E-state index is 12.3. The van der Waals surface area contributed by atoms with Crippen LogP contribution in [-0.4, -0.2) is 22.3 Å². The Bertz CT molecular complexity index is 785. The number of fused-ring (bicyclic) bond motifs is 1. The molecule has 0 saturated carbocycles. The van der Waals surface area contributed by atoms with Crippen LogP contribution in [0.2, 0.25) is 5.02 Å². The van der Waals surface area contributed by atoms with Gasteiger partial charge in [-0.3, -0.25) is 14.9 Å². The van der Waals surface area contributed by atoms with Crippen LogP contribution >= 0.6 is 11.6 Å². The minimum absolute atomic E-state index is 0.0423. The minimum atomic E-state index is -0.484. The van der Waals surface area contributed by atoms with E-state index in [0.29, 0.717) is 43.2 Å². The van der Waals surface area contributed by atoms with Gasteiger partial charge >= 0.3 is 0 Å². The number of amides is 1. The van der Waals surface area contributed by atoms with Gasteiger partial charge in [0, 0.05) is 38.2 Å². The molecule has 25 heavy (non-hydrogen) atoms. The Hall–Kier alpha value is -2.60. The van der Waals surface area contributed by atoms with Crippen LogP contribution < -0.4 is 5.32 Å². The number of anilines is 1. The second-order valence-corrected chi connectivity index (χ2v) is 6.38. The summed E-state index contributed by atoms with van der Waals surface area (Å²) in [4.78, 5) is 24.4. The Morgan fingerprint density at radius 3 is 2.48 bits per heavy atom. The molecule has 0 bridgehead atoms. The number of benzene rings is 2. The molecule has 1 aliphatic heterocycles. The first-order valence-corrected chi connectivity index (χ1v) is 8.45. The maximum absolute atomic E-state index is 12.3. The molecule has 6 nitrogen and oxygen atoms in total. The van der Waals surface area contributed by atoms with E-state index >= 15 is 0 Å². The summed E-state index contributed by atoms with van der Waals surface area (Å²) in [5, 5.41) is 14.1. The largest absolute Gasteiger partial charge is 0.384 e. The molecule has 0 unspecified atom stereocenters. The highest BCUT2D eigenvalue weighted by Crippen LogP contribution is 2.27. The van der Waals surface area contributed by atoms with Crippen molar-refractivity contribution in [2.45, 2.75) is 25.9 Å². The Balaban J connectivity index is 1.45. The third kappa shape index (κ3) is 4.09. The molecule has 1 amide bonds. The van der Waals surface area contributed by atoms with E-state index in [0.717, 1.165) is 0 Å². The summed E-state index contributed by atoms with van der Waals surface area (Å²) in [6, 6.07) is 12.4. The molecular weight excluding hydrogens is 342 g/mol. The lowest BCUT2D eigenvalue weighted by molar-refractivity contribution is -0.384. The second-order valence-electron chi connectivity index (χ2n) is 5.97. The van der Waals surface area contributed by atoms with E-state index in [1.807, 2.05) is 17.0 Å². The van der Waals surface area contributed by atoms with Crippen LogP contribution in [0.15, 0.2) is 42.5 Å². The standard InChI is InChI=1S/C18H18ClN3O3/c19-16-10-15(22(24)25)7-8-17(16)20-9-3-6-18(23)21-11-13-4-1-2-5-14(13)12-21/h1-2,4-5,7-8,10,20H,3,6,9,11-12H2. The monoisotopic (exact) mass is 359 g/mol. The number of rotatable bonds is 6. The third-order valence-electron chi connectivity index (χ3n) is 4.24. The molecule has 0 saturated heterocycles. The molecule has 2 aromatic carbocycles. The van der Waals surface area contributed by atoms with E-state index < -0.39 is 4.92 Å². The van der Waals surface area contributed by atoms with E-state index in [1.54, 1.807) is 6.07 Å². The SMILES string of the molecule is O=C(CCCNc1ccc([N+](=O)[O-])cc1Cl)N1Cc2ccccc2C1. The van der Waals surface area contributed by atoms with Gasteiger partial charge in [0.1, 0.15) is 0 Å². The van der Waals surface area contributed by atoms with Gasteiger partial charge in [-0.15, -0.1) is 0 Å². The minimum Gasteiger partial charge on any atom is -0.384 e. The average molecular weight is 360 g/mol. The first-order chi connectivity index (χ1) is 12.0. The Morgan fingerprint density at radius 2 is 1.88 bits per heavy atom. The molecule has 1 aliphatic rings. The molecule has 7 heteroatoms. The van der Waals surface area contributed by atoms with Crippen molar-refractivity contribution in [2.24, 2.45) is 0 Å². The lowest BCUT2D eigenvalue weighted by atomic mass is 10.1. The molecular formula is C18H18ClN3O3. The first kappa shape index (κ1) is 17.2. The lowest BCUT2D eigenvalue weighted by Gasteiger charge is -2.15. The van der Waals surface area contributed by atoms with Gasteiger partial charge in [-0.05, 0) is 23.6 Å². The van der Waals surface area contributed by atoms with Crippen molar-refractivity contribution in [1.29, 1.82) is 0 Å². The fraction of sp³-hybridized carbons (Fsp3) is 0.278. The van der Waals surface area contributed by atoms with Gasteiger partial charge < -0.3 is 10.2 Å². The van der Waals surface area contributed by atoms with Crippen molar-refractivity contribution in [3.05, 3.63) is 68.7 Å². The molecule has 3 rings (SSSR count). The molecule has 1 heterocycles. The molecule has 0 radical (unpaired) electrons. The highest BCUT2D eigenvalue weighted by Gasteiger charge is 2.22. The van der Waals surface area contributed by atoms with E-state index in [1.165, 1.54) is 23.3 Å². The molecule has 130 valence electrons. The molecule has 0 atom stereocenters. The highest BCUT2D eigenvalue weighted by molar-refractivity contribution is 6.33. The van der Waals surface area contributed by atoms with Crippen molar-refractivity contribution in [3.63, 3.8) is 0 Å². The zero-order valence-electron chi connectivity index (χ0n) is 13.6. The zero-order chi connectivity index (χ0) is 17.8. The molecule has 1 N–H and O–H groups in total. The Morgan fingerprint density at radius 1 is 1.20 bits per heavy atom. The number of nitro benzene ring substituents is 1. The van der Waals surface area contributed by atoms with Crippen LogP contribution in [-0.2, 0) is 17.9 Å². The lowest BCUT2D eigenvalue weighted by Crippen LogP contribution is -2.25. The van der Waals surface area contributed by atoms with Crippen molar-refractivity contribution in [2.75, 3.05) is 11.9 Å². The summed E-state index contributed by atoms with van der Waals surface area (Å²) in [6.07, 6.45) is 1.12. The molecule has 0 aliphatic carbocycles. The number of carbonyl (C=O) groups excluding carboxylic acids is 1. The number of hydrogen-bond donors (Lipinski definition) is 1. The normalized spacial score (nSPS) is 12.8. The Labute approximate surface area is 150 Å². The van der Waals surface area contributed by atoms with Crippen molar-refractivity contribution >= 4 is 28.9 Å². The number of nitrogens with one attached hydrogen (secondary N) is 1. The van der Waals surface area contributed by atoms with E-state index in [2.05, 4.69) is 17.4 Å². The van der Waals surface area contributed by atoms with Crippen LogP contribution in [0.1, 0.15) is 24.0 Å². The number of nitro groups is 1. The van der Waals surface area contributed by atoms with Crippen molar-refractivity contribution < 1.29 is 9.72 Å². The fourth-order valence-corrected chi connectivity index (χ4v) is 3.13. The topological polar surface area (TPSA) is 75.5 Å². The van der Waals surface area contributed by atoms with Gasteiger partial charge in [0.2, 0.25) is 5.91 Å². The number of halogens is 1. The summed E-state index contributed by atoms with van der Waals surface area (Å²) in [5.41, 5.74) is 3.02. The summed E-state index contributed by atoms with van der Waals surface area (Å²) in [7, 11) is 0. The second kappa shape index (κ2) is 7.53. The maximum Gasteiger partial charge on any atom is 0.271 e. The number of hydrogen-bond acceptors (Lipinski definition) is 4. The van der Waals surface area contributed by atoms with Gasteiger partial charge in [0.15, 0.2) is 0 Å². The number of carbonyl (C=O) groups is 1. The van der Waals surface area contributed by atoms with Crippen LogP contribution in [0.3, 0.4) is 0 Å². The predicted octanol–water partition coefficient (Wildman–Crippen LogP) is 3.98. The third-order valence-corrected chi connectivity index (χ3v) is 4.55. The van der Waals surface area contributed by atoms with Gasteiger partial charge in [0.05, 0.1) is 15.6 Å². The summed E-state index contributed by atoms with van der Waals surface area (Å²) >= 11 is 6.03.